The Kier molecular flexibility index (Phi) is 7.21. The molecule has 0 aliphatic carbocycles. The first-order valence-electron chi connectivity index (χ1n) is 11.8. The number of carbonyl (C=O) groups is 2. The number of ether oxygens (including phenoxy) is 1. The lowest BCUT2D eigenvalue weighted by Gasteiger charge is -2.26. The number of benzene rings is 3. The zero-order valence-electron chi connectivity index (χ0n) is 20.0. The van der Waals surface area contributed by atoms with Crippen LogP contribution >= 0.6 is 22.9 Å². The Labute approximate surface area is 222 Å². The van der Waals surface area contributed by atoms with Crippen LogP contribution in [0.4, 0.5) is 19.9 Å². The maximum absolute atomic E-state index is 14.4. The maximum atomic E-state index is 14.4. The van der Waals surface area contributed by atoms with Crippen molar-refractivity contribution in [1.29, 1.82) is 0 Å². The lowest BCUT2D eigenvalue weighted by atomic mass is 10.0. The number of hydrogen-bond donors (Lipinski definition) is 1. The summed E-state index contributed by atoms with van der Waals surface area (Å²) in [6, 6.07) is 17.9. The summed E-state index contributed by atoms with van der Waals surface area (Å²) in [4.78, 5) is 33.0. The van der Waals surface area contributed by atoms with Gasteiger partial charge in [0.25, 0.3) is 5.91 Å². The second-order valence-corrected chi connectivity index (χ2v) is 9.92. The Morgan fingerprint density at radius 2 is 1.95 bits per heavy atom. The molecule has 2 amide bonds. The SMILES string of the molecule is CCOC(=O)N1CCc2c(sc(N=Cc3c(F)cccc3Cl)c2C(=O)Nc2cccc3ccccc23)C1. The molecule has 188 valence electrons. The molecule has 0 spiro atoms. The Hall–Kier alpha value is -3.75. The average molecular weight is 536 g/mol. The smallest absolute Gasteiger partial charge is 0.410 e. The molecule has 9 heteroatoms. The monoisotopic (exact) mass is 535 g/mol. The van der Waals surface area contributed by atoms with Crippen LogP contribution in [0.1, 0.15) is 33.3 Å². The van der Waals surface area contributed by atoms with Crippen LogP contribution in [0, 0.1) is 5.82 Å². The third kappa shape index (κ3) is 5.08. The van der Waals surface area contributed by atoms with Gasteiger partial charge in [0.2, 0.25) is 0 Å². The highest BCUT2D eigenvalue weighted by Crippen LogP contribution is 2.40. The fourth-order valence-electron chi connectivity index (χ4n) is 4.36. The zero-order valence-corrected chi connectivity index (χ0v) is 21.5. The van der Waals surface area contributed by atoms with Gasteiger partial charge in [-0.25, -0.2) is 14.2 Å². The van der Waals surface area contributed by atoms with E-state index in [1.54, 1.807) is 17.9 Å². The lowest BCUT2D eigenvalue weighted by molar-refractivity contribution is 0.102. The predicted molar refractivity (Wildman–Crippen MR) is 146 cm³/mol. The van der Waals surface area contributed by atoms with E-state index in [0.29, 0.717) is 35.8 Å². The third-order valence-corrected chi connectivity index (χ3v) is 7.59. The molecule has 0 bridgehead atoms. The van der Waals surface area contributed by atoms with Crippen molar-refractivity contribution in [2.24, 2.45) is 4.99 Å². The van der Waals surface area contributed by atoms with E-state index < -0.39 is 11.9 Å². The van der Waals surface area contributed by atoms with Gasteiger partial charge in [-0.05, 0) is 42.5 Å². The largest absolute Gasteiger partial charge is 0.450 e. The molecule has 1 aliphatic heterocycles. The third-order valence-electron chi connectivity index (χ3n) is 6.14. The Bertz CT molecular complexity index is 1510. The lowest BCUT2D eigenvalue weighted by Crippen LogP contribution is -2.36. The number of amides is 2. The quantitative estimate of drug-likeness (QED) is 0.274. The van der Waals surface area contributed by atoms with Gasteiger partial charge in [-0.2, -0.15) is 0 Å². The number of hydrogen-bond acceptors (Lipinski definition) is 5. The number of thiophene rings is 1. The number of nitrogens with zero attached hydrogens (tertiary/aromatic N) is 2. The molecular weight excluding hydrogens is 513 g/mol. The maximum Gasteiger partial charge on any atom is 0.410 e. The number of fused-ring (bicyclic) bond motifs is 2. The Balaban J connectivity index is 1.54. The number of rotatable bonds is 5. The molecule has 4 aromatic rings. The van der Waals surface area contributed by atoms with Crippen LogP contribution < -0.4 is 5.32 Å². The number of carbonyl (C=O) groups excluding carboxylic acids is 2. The highest BCUT2D eigenvalue weighted by atomic mass is 35.5. The van der Waals surface area contributed by atoms with Crippen LogP contribution in [0.2, 0.25) is 5.02 Å². The molecule has 0 fully saturated rings. The summed E-state index contributed by atoms with van der Waals surface area (Å²) >= 11 is 7.48. The van der Waals surface area contributed by atoms with Crippen LogP contribution in [0.25, 0.3) is 10.8 Å². The van der Waals surface area contributed by atoms with Gasteiger partial charge in [0.1, 0.15) is 10.8 Å². The van der Waals surface area contributed by atoms with Gasteiger partial charge in [0, 0.05) is 34.3 Å². The molecular formula is C28H23ClFN3O3S. The summed E-state index contributed by atoms with van der Waals surface area (Å²) in [7, 11) is 0. The standard InChI is InChI=1S/C28H23ClFN3O3S/c1-2-36-28(35)33-14-13-19-24(16-33)37-27(31-15-20-21(29)10-6-11-22(20)30)25(19)26(34)32-23-12-5-8-17-7-3-4-9-18(17)23/h3-12,15H,2,13-14,16H2,1H3,(H,32,34). The molecule has 5 rings (SSSR count). The molecule has 1 N–H and O–H groups in total. The minimum absolute atomic E-state index is 0.143. The normalized spacial score (nSPS) is 13.1. The molecule has 3 aromatic carbocycles. The summed E-state index contributed by atoms with van der Waals surface area (Å²) in [5.74, 6) is -0.821. The zero-order chi connectivity index (χ0) is 25.9. The van der Waals surface area contributed by atoms with Gasteiger partial charge in [-0.1, -0.05) is 54.1 Å². The first kappa shape index (κ1) is 24.9. The van der Waals surface area contributed by atoms with E-state index in [1.807, 2.05) is 42.5 Å². The molecule has 1 aromatic heterocycles. The number of anilines is 1. The van der Waals surface area contributed by atoms with Crippen molar-refractivity contribution in [3.05, 3.63) is 93.1 Å². The van der Waals surface area contributed by atoms with Gasteiger partial charge >= 0.3 is 6.09 Å². The summed E-state index contributed by atoms with van der Waals surface area (Å²) in [5, 5.41) is 5.61. The van der Waals surface area contributed by atoms with E-state index in [9.17, 15) is 14.0 Å². The van der Waals surface area contributed by atoms with Gasteiger partial charge in [0.05, 0.1) is 23.7 Å². The van der Waals surface area contributed by atoms with E-state index in [4.69, 9.17) is 16.3 Å². The minimum atomic E-state index is -0.507. The van der Waals surface area contributed by atoms with Crippen LogP contribution in [-0.2, 0) is 17.7 Å². The van der Waals surface area contributed by atoms with Gasteiger partial charge < -0.3 is 15.0 Å². The van der Waals surface area contributed by atoms with E-state index in [2.05, 4.69) is 10.3 Å². The van der Waals surface area contributed by atoms with E-state index in [-0.39, 0.29) is 23.1 Å². The molecule has 1 aliphatic rings. The second-order valence-electron chi connectivity index (χ2n) is 8.43. The van der Waals surface area contributed by atoms with Crippen molar-refractivity contribution < 1.29 is 18.7 Å². The number of nitrogens with one attached hydrogen (secondary N) is 1. The fraction of sp³-hybridized carbons (Fsp3) is 0.179. The van der Waals surface area contributed by atoms with Crippen molar-refractivity contribution >= 4 is 62.6 Å². The van der Waals surface area contributed by atoms with E-state index in [0.717, 1.165) is 21.2 Å². The highest BCUT2D eigenvalue weighted by Gasteiger charge is 2.30. The summed E-state index contributed by atoms with van der Waals surface area (Å²) in [6.07, 6.45) is 1.41. The Morgan fingerprint density at radius 3 is 2.76 bits per heavy atom. The topological polar surface area (TPSA) is 71.0 Å². The van der Waals surface area contributed by atoms with Crippen molar-refractivity contribution in [2.45, 2.75) is 19.9 Å². The van der Waals surface area contributed by atoms with E-state index in [1.165, 1.54) is 29.7 Å². The minimum Gasteiger partial charge on any atom is -0.450 e. The summed E-state index contributed by atoms with van der Waals surface area (Å²) in [5.41, 5.74) is 2.07. The van der Waals surface area contributed by atoms with Crippen LogP contribution in [0.3, 0.4) is 0 Å². The van der Waals surface area contributed by atoms with Gasteiger partial charge in [-0.15, -0.1) is 11.3 Å². The fourth-order valence-corrected chi connectivity index (χ4v) is 5.78. The first-order chi connectivity index (χ1) is 18.0. The van der Waals surface area contributed by atoms with Crippen LogP contribution in [0.15, 0.2) is 65.7 Å². The summed E-state index contributed by atoms with van der Waals surface area (Å²) in [6.45, 7) is 2.77. The molecule has 0 atom stereocenters. The van der Waals surface area contributed by atoms with Crippen molar-refractivity contribution in [3.63, 3.8) is 0 Å². The van der Waals surface area contributed by atoms with Crippen LogP contribution in [0.5, 0.6) is 0 Å². The number of halogens is 2. The van der Waals surface area contributed by atoms with Gasteiger partial charge in [0.15, 0.2) is 0 Å². The van der Waals surface area contributed by atoms with Crippen LogP contribution in [-0.4, -0.2) is 36.3 Å². The van der Waals surface area contributed by atoms with Crippen molar-refractivity contribution in [2.75, 3.05) is 18.5 Å². The molecule has 0 unspecified atom stereocenters. The number of aliphatic imine (C=N–C) groups is 1. The van der Waals surface area contributed by atoms with E-state index >= 15 is 0 Å². The van der Waals surface area contributed by atoms with Crippen molar-refractivity contribution in [3.8, 4) is 0 Å². The first-order valence-corrected chi connectivity index (χ1v) is 13.0. The Morgan fingerprint density at radius 1 is 1.16 bits per heavy atom. The predicted octanol–water partition coefficient (Wildman–Crippen LogP) is 7.21. The molecule has 37 heavy (non-hydrogen) atoms. The highest BCUT2D eigenvalue weighted by molar-refractivity contribution is 7.16. The molecule has 6 nitrogen and oxygen atoms in total. The second kappa shape index (κ2) is 10.7. The molecule has 2 heterocycles. The molecule has 0 radical (unpaired) electrons. The average Bonchev–Trinajstić information content (AvgIpc) is 3.26. The molecule has 0 saturated carbocycles. The summed E-state index contributed by atoms with van der Waals surface area (Å²) < 4.78 is 19.5. The van der Waals surface area contributed by atoms with Gasteiger partial charge in [-0.3, -0.25) is 4.79 Å². The molecule has 0 saturated heterocycles. The van der Waals surface area contributed by atoms with Crippen molar-refractivity contribution in [1.82, 2.24) is 4.90 Å².